The molecule has 9 heteroatoms. The molecule has 1 aliphatic heterocycles. The second-order valence-corrected chi connectivity index (χ2v) is 8.11. The second-order valence-electron chi connectivity index (χ2n) is 7.06. The van der Waals surface area contributed by atoms with Crippen LogP contribution in [0.5, 0.6) is 0 Å². The van der Waals surface area contributed by atoms with Gasteiger partial charge in [-0.05, 0) is 42.5 Å². The van der Waals surface area contributed by atoms with Crippen molar-refractivity contribution in [1.82, 2.24) is 5.32 Å². The van der Waals surface area contributed by atoms with E-state index in [-0.39, 0.29) is 29.6 Å². The molecule has 2 N–H and O–H groups in total. The van der Waals surface area contributed by atoms with E-state index in [0.717, 1.165) is 4.90 Å². The quantitative estimate of drug-likeness (QED) is 0.541. The predicted octanol–water partition coefficient (Wildman–Crippen LogP) is 4.04. The van der Waals surface area contributed by atoms with Crippen LogP contribution in [0, 0.1) is 5.82 Å². The molecule has 7 nitrogen and oxygen atoms in total. The summed E-state index contributed by atoms with van der Waals surface area (Å²) in [6, 6.07) is 21.6. The lowest BCUT2D eigenvalue weighted by atomic mass is 10.2. The highest BCUT2D eigenvalue weighted by atomic mass is 32.2. The zero-order valence-electron chi connectivity index (χ0n) is 17.3. The number of para-hydroxylation sites is 1. The molecule has 3 aromatic rings. The summed E-state index contributed by atoms with van der Waals surface area (Å²) < 4.78 is 13.8. The average molecular weight is 463 g/mol. The molecule has 1 aliphatic rings. The van der Waals surface area contributed by atoms with E-state index in [1.165, 1.54) is 35.0 Å². The minimum atomic E-state index is -0.601. The van der Waals surface area contributed by atoms with Crippen LogP contribution in [0.2, 0.25) is 0 Å². The zero-order valence-corrected chi connectivity index (χ0v) is 18.1. The Bertz CT molecular complexity index is 1230. The number of rotatable bonds is 6. The van der Waals surface area contributed by atoms with Crippen LogP contribution >= 0.6 is 11.8 Å². The van der Waals surface area contributed by atoms with Crippen molar-refractivity contribution in [2.24, 2.45) is 5.10 Å². The number of benzene rings is 3. The lowest BCUT2D eigenvalue weighted by Gasteiger charge is -2.10. The Hall–Kier alpha value is -3.98. The Balaban J connectivity index is 1.32. The number of halogens is 1. The van der Waals surface area contributed by atoms with Gasteiger partial charge in [0.25, 0.3) is 11.8 Å². The van der Waals surface area contributed by atoms with Gasteiger partial charge in [0.15, 0.2) is 0 Å². The number of hydrogen-bond donors (Lipinski definition) is 2. The van der Waals surface area contributed by atoms with Crippen LogP contribution in [0.3, 0.4) is 0 Å². The third kappa shape index (κ3) is 5.64. The van der Waals surface area contributed by atoms with Gasteiger partial charge in [0.2, 0.25) is 5.91 Å². The monoisotopic (exact) mass is 462 g/mol. The van der Waals surface area contributed by atoms with Gasteiger partial charge in [0.05, 0.1) is 23.4 Å². The molecule has 0 atom stereocenters. The number of nitrogens with one attached hydrogen (secondary N) is 2. The van der Waals surface area contributed by atoms with E-state index < -0.39 is 11.7 Å². The number of hydrogen-bond acceptors (Lipinski definition) is 5. The van der Waals surface area contributed by atoms with Crippen molar-refractivity contribution < 1.29 is 18.8 Å². The maximum Gasteiger partial charge on any atom is 0.258 e. The van der Waals surface area contributed by atoms with Crippen LogP contribution in [0.15, 0.2) is 88.9 Å². The first-order chi connectivity index (χ1) is 16.0. The van der Waals surface area contributed by atoms with Crippen LogP contribution in [0.4, 0.5) is 15.8 Å². The summed E-state index contributed by atoms with van der Waals surface area (Å²) in [5.74, 6) is -1.30. The van der Waals surface area contributed by atoms with Gasteiger partial charge in [-0.2, -0.15) is 10.1 Å². The van der Waals surface area contributed by atoms with Gasteiger partial charge in [-0.1, -0.05) is 36.4 Å². The number of amides is 3. The zero-order chi connectivity index (χ0) is 23.2. The van der Waals surface area contributed by atoms with Gasteiger partial charge >= 0.3 is 0 Å². The number of hydrazone groups is 1. The average Bonchev–Trinajstić information content (AvgIpc) is 3.18. The highest BCUT2D eigenvalue weighted by Crippen LogP contribution is 2.23. The molecule has 0 aromatic heterocycles. The molecule has 3 aromatic carbocycles. The maximum atomic E-state index is 13.8. The number of carbonyl (C=O) groups excluding carboxylic acids is 3. The van der Waals surface area contributed by atoms with Gasteiger partial charge in [0, 0.05) is 10.6 Å². The summed E-state index contributed by atoms with van der Waals surface area (Å²) in [6.45, 7) is 0. The fourth-order valence-electron chi connectivity index (χ4n) is 3.12. The van der Waals surface area contributed by atoms with E-state index in [1.54, 1.807) is 54.6 Å². The number of anilines is 2. The lowest BCUT2D eigenvalue weighted by molar-refractivity contribution is -0.117. The molecule has 3 amide bonds. The smallest absolute Gasteiger partial charge is 0.258 e. The van der Waals surface area contributed by atoms with E-state index in [0.29, 0.717) is 17.2 Å². The summed E-state index contributed by atoms with van der Waals surface area (Å²) in [5.41, 5.74) is 1.07. The number of amidine groups is 1. The third-order valence-corrected chi connectivity index (χ3v) is 5.63. The number of carbonyl (C=O) groups is 3. The Kier molecular flexibility index (Phi) is 6.80. The number of nitrogens with zero attached hydrogens (tertiary/aromatic N) is 2. The number of thioether (sulfide) groups is 1. The van der Waals surface area contributed by atoms with Crippen molar-refractivity contribution in [1.29, 1.82) is 0 Å². The molecule has 166 valence electrons. The normalized spacial score (nSPS) is 12.9. The fourth-order valence-corrected chi connectivity index (χ4v) is 3.88. The molecule has 0 unspecified atom stereocenters. The topological polar surface area (TPSA) is 90.9 Å². The third-order valence-electron chi connectivity index (χ3n) is 4.64. The van der Waals surface area contributed by atoms with Crippen LogP contribution in [-0.4, -0.2) is 29.3 Å². The van der Waals surface area contributed by atoms with Crippen LogP contribution in [0.1, 0.15) is 16.8 Å². The Morgan fingerprint density at radius 3 is 2.52 bits per heavy atom. The van der Waals surface area contributed by atoms with Crippen molar-refractivity contribution in [3.63, 3.8) is 0 Å². The molecular weight excluding hydrogens is 443 g/mol. The highest BCUT2D eigenvalue weighted by Gasteiger charge is 2.26. The molecule has 0 radical (unpaired) electrons. The summed E-state index contributed by atoms with van der Waals surface area (Å²) in [4.78, 5) is 37.6. The van der Waals surface area contributed by atoms with E-state index in [9.17, 15) is 18.8 Å². The van der Waals surface area contributed by atoms with Crippen molar-refractivity contribution in [2.45, 2.75) is 11.3 Å². The van der Waals surface area contributed by atoms with Crippen molar-refractivity contribution in [3.8, 4) is 0 Å². The van der Waals surface area contributed by atoms with Crippen molar-refractivity contribution in [2.75, 3.05) is 16.1 Å². The maximum absolute atomic E-state index is 13.8. The van der Waals surface area contributed by atoms with Gasteiger partial charge in [0.1, 0.15) is 11.7 Å². The summed E-state index contributed by atoms with van der Waals surface area (Å²) in [7, 11) is 0. The Labute approximate surface area is 193 Å². The lowest BCUT2D eigenvalue weighted by Crippen LogP contribution is -2.31. The molecule has 0 fully saturated rings. The molecular formula is C24H19FN4O3S. The van der Waals surface area contributed by atoms with Gasteiger partial charge in [-0.3, -0.25) is 14.4 Å². The molecule has 1 heterocycles. The molecule has 0 spiro atoms. The first-order valence-electron chi connectivity index (χ1n) is 10.0. The Morgan fingerprint density at radius 2 is 1.73 bits per heavy atom. The first-order valence-corrected chi connectivity index (χ1v) is 11.0. The molecule has 0 aliphatic carbocycles. The molecule has 0 bridgehead atoms. The summed E-state index contributed by atoms with van der Waals surface area (Å²) in [6.07, 6.45) is 0.0167. The molecule has 33 heavy (non-hydrogen) atoms. The molecule has 0 saturated heterocycles. The predicted molar refractivity (Wildman–Crippen MR) is 126 cm³/mol. The first kappa shape index (κ1) is 22.2. The largest absolute Gasteiger partial charge is 0.322 e. The molecule has 4 rings (SSSR count). The highest BCUT2D eigenvalue weighted by molar-refractivity contribution is 8.00. The van der Waals surface area contributed by atoms with Gasteiger partial charge < -0.3 is 10.6 Å². The fraction of sp³-hybridized carbons (Fsp3) is 0.0833. The minimum Gasteiger partial charge on any atom is -0.322 e. The van der Waals surface area contributed by atoms with Gasteiger partial charge in [-0.25, -0.2) is 4.39 Å². The summed E-state index contributed by atoms with van der Waals surface area (Å²) >= 11 is 1.26. The van der Waals surface area contributed by atoms with Crippen molar-refractivity contribution in [3.05, 3.63) is 90.2 Å². The van der Waals surface area contributed by atoms with Gasteiger partial charge in [-0.15, -0.1) is 11.8 Å². The van der Waals surface area contributed by atoms with E-state index in [1.807, 2.05) is 6.07 Å². The van der Waals surface area contributed by atoms with E-state index in [4.69, 9.17) is 0 Å². The van der Waals surface area contributed by atoms with Crippen LogP contribution < -0.4 is 15.6 Å². The second kappa shape index (κ2) is 10.1. The summed E-state index contributed by atoms with van der Waals surface area (Å²) in [5, 5.41) is 10.8. The standard InChI is InChI=1S/C24H19FN4O3S/c25-20-12-5-4-11-19(20)24(32)26-16-7-6-10-18(13-16)33-15-22(30)27-21-14-23(31)29(28-21)17-8-2-1-3-9-17/h1-13H,14-15H2,(H,26,32)(H,27,28,30). The van der Waals surface area contributed by atoms with Crippen LogP contribution in [-0.2, 0) is 9.59 Å². The molecule has 0 saturated carbocycles. The SMILES string of the molecule is O=C(CSc1cccc(NC(=O)c2ccccc2F)c1)NC1=NN(c2ccccc2)C(=O)C1. The Morgan fingerprint density at radius 1 is 0.970 bits per heavy atom. The van der Waals surface area contributed by atoms with Crippen molar-refractivity contribution >= 4 is 46.7 Å². The minimum absolute atomic E-state index is 0.0167. The van der Waals surface area contributed by atoms with Crippen LogP contribution in [0.25, 0.3) is 0 Å². The van der Waals surface area contributed by atoms with E-state index in [2.05, 4.69) is 15.7 Å². The van der Waals surface area contributed by atoms with E-state index >= 15 is 0 Å².